The first kappa shape index (κ1) is 17.8. The van der Waals surface area contributed by atoms with Crippen LogP contribution in [0.1, 0.15) is 24.0 Å². The van der Waals surface area contributed by atoms with Gasteiger partial charge in [-0.05, 0) is 11.1 Å². The second-order valence-corrected chi connectivity index (χ2v) is 6.39. The average Bonchev–Trinajstić information content (AvgIpc) is 2.66. The van der Waals surface area contributed by atoms with Gasteiger partial charge in [0.15, 0.2) is 0 Å². The molecular weight excluding hydrogens is 314 g/mol. The number of ether oxygens (including phenoxy) is 2. The van der Waals surface area contributed by atoms with Gasteiger partial charge in [-0.15, -0.1) is 0 Å². The minimum atomic E-state index is -0.145. The maximum atomic E-state index is 11.8. The number of carbonyl (C=O) groups excluding carboxylic acids is 1. The molecule has 3 rings (SSSR count). The molecule has 132 valence electrons. The fourth-order valence-corrected chi connectivity index (χ4v) is 3.00. The van der Waals surface area contributed by atoms with E-state index in [2.05, 4.69) is 5.32 Å². The number of hydrogen-bond acceptors (Lipinski definition) is 4. The lowest BCUT2D eigenvalue weighted by molar-refractivity contribution is -0.123. The first-order valence-electron chi connectivity index (χ1n) is 8.83. The Kier molecular flexibility index (Phi) is 6.74. The fourth-order valence-electron chi connectivity index (χ4n) is 3.00. The third kappa shape index (κ3) is 5.78. The van der Waals surface area contributed by atoms with E-state index in [1.807, 2.05) is 60.7 Å². The smallest absolute Gasteiger partial charge is 0.135 e. The average molecular weight is 339 g/mol. The highest BCUT2D eigenvalue weighted by Crippen LogP contribution is 2.14. The molecule has 0 spiro atoms. The van der Waals surface area contributed by atoms with E-state index in [0.29, 0.717) is 45.0 Å². The molecule has 1 heterocycles. The molecule has 0 saturated carbocycles. The van der Waals surface area contributed by atoms with Crippen LogP contribution >= 0.6 is 0 Å². The van der Waals surface area contributed by atoms with Crippen LogP contribution in [0.25, 0.3) is 0 Å². The third-order valence-electron chi connectivity index (χ3n) is 4.41. The summed E-state index contributed by atoms with van der Waals surface area (Å²) in [7, 11) is 0. The van der Waals surface area contributed by atoms with Gasteiger partial charge in [0.25, 0.3) is 0 Å². The molecule has 0 aromatic heterocycles. The van der Waals surface area contributed by atoms with E-state index in [9.17, 15) is 4.79 Å². The predicted octanol–water partition coefficient (Wildman–Crippen LogP) is 3.11. The van der Waals surface area contributed by atoms with Crippen molar-refractivity contribution in [3.8, 4) is 0 Å². The van der Waals surface area contributed by atoms with Crippen molar-refractivity contribution in [3.05, 3.63) is 71.8 Å². The Morgan fingerprint density at radius 3 is 2.24 bits per heavy atom. The Labute approximate surface area is 149 Å². The quantitative estimate of drug-likeness (QED) is 0.803. The lowest BCUT2D eigenvalue weighted by atomic mass is 9.99. The highest BCUT2D eigenvalue weighted by atomic mass is 16.5. The number of rotatable bonds is 8. The van der Waals surface area contributed by atoms with Crippen molar-refractivity contribution in [2.24, 2.45) is 0 Å². The Morgan fingerprint density at radius 1 is 0.960 bits per heavy atom. The summed E-state index contributed by atoms with van der Waals surface area (Å²) in [5.74, 6) is 0.292. The third-order valence-corrected chi connectivity index (χ3v) is 4.41. The van der Waals surface area contributed by atoms with E-state index in [1.54, 1.807) is 0 Å². The molecule has 1 aliphatic rings. The molecule has 4 nitrogen and oxygen atoms in total. The summed E-state index contributed by atoms with van der Waals surface area (Å²) in [6.45, 7) is 2.25. The van der Waals surface area contributed by atoms with E-state index in [0.717, 1.165) is 11.1 Å². The number of benzene rings is 2. The second kappa shape index (κ2) is 9.47. The topological polar surface area (TPSA) is 47.6 Å². The number of Topliss-reactive ketones (excluding diaryl/α,β-unsaturated/α-hetero) is 1. The Morgan fingerprint density at radius 2 is 1.60 bits per heavy atom. The molecule has 25 heavy (non-hydrogen) atoms. The molecular formula is C21H25NO3. The van der Waals surface area contributed by atoms with Crippen LogP contribution in [0.2, 0.25) is 0 Å². The molecule has 1 fully saturated rings. The fraction of sp³-hybridized carbons (Fsp3) is 0.381. The highest BCUT2D eigenvalue weighted by molar-refractivity contribution is 5.80. The van der Waals surface area contributed by atoms with E-state index >= 15 is 0 Å². The van der Waals surface area contributed by atoms with Gasteiger partial charge in [-0.3, -0.25) is 4.79 Å². The molecule has 2 atom stereocenters. The molecule has 0 unspecified atom stereocenters. The van der Waals surface area contributed by atoms with Gasteiger partial charge in [0.05, 0.1) is 25.9 Å². The van der Waals surface area contributed by atoms with Gasteiger partial charge in [0, 0.05) is 25.4 Å². The molecule has 0 aliphatic carbocycles. The first-order valence-corrected chi connectivity index (χ1v) is 8.83. The molecule has 1 N–H and O–H groups in total. The zero-order valence-corrected chi connectivity index (χ0v) is 14.4. The van der Waals surface area contributed by atoms with Gasteiger partial charge in [-0.25, -0.2) is 0 Å². The van der Waals surface area contributed by atoms with Crippen LogP contribution in [0.15, 0.2) is 60.7 Å². The number of piperidine rings is 1. The standard InChI is InChI=1S/C21H25NO3/c23-19-11-12-22-20(13-19)21(25-15-18-9-5-2-6-10-18)16-24-14-17-7-3-1-4-8-17/h1-10,20-22H,11-16H2/t20-,21-/m1/s1. The molecule has 0 radical (unpaired) electrons. The molecule has 2 aromatic carbocycles. The summed E-state index contributed by atoms with van der Waals surface area (Å²) < 4.78 is 12.0. The van der Waals surface area contributed by atoms with Crippen LogP contribution in [0.3, 0.4) is 0 Å². The number of hydrogen-bond donors (Lipinski definition) is 1. The molecule has 1 saturated heterocycles. The first-order chi connectivity index (χ1) is 12.3. The van der Waals surface area contributed by atoms with Crippen LogP contribution in [-0.4, -0.2) is 31.1 Å². The van der Waals surface area contributed by atoms with Crippen molar-refractivity contribution in [2.45, 2.75) is 38.2 Å². The van der Waals surface area contributed by atoms with Gasteiger partial charge < -0.3 is 14.8 Å². The number of ketones is 1. The SMILES string of the molecule is O=C1CCN[C@@H]([C@@H](COCc2ccccc2)OCc2ccccc2)C1. The van der Waals surface area contributed by atoms with Crippen molar-refractivity contribution in [3.63, 3.8) is 0 Å². The lowest BCUT2D eigenvalue weighted by Crippen LogP contribution is -2.48. The van der Waals surface area contributed by atoms with Gasteiger partial charge in [0.2, 0.25) is 0 Å². The zero-order chi connectivity index (χ0) is 17.3. The summed E-state index contributed by atoms with van der Waals surface area (Å²) in [4.78, 5) is 11.8. The van der Waals surface area contributed by atoms with Crippen LogP contribution in [0.4, 0.5) is 0 Å². The maximum absolute atomic E-state index is 11.8. The molecule has 2 aromatic rings. The van der Waals surface area contributed by atoms with E-state index in [4.69, 9.17) is 9.47 Å². The minimum Gasteiger partial charge on any atom is -0.374 e. The molecule has 0 amide bonds. The van der Waals surface area contributed by atoms with Crippen molar-refractivity contribution in [1.29, 1.82) is 0 Å². The van der Waals surface area contributed by atoms with Crippen molar-refractivity contribution >= 4 is 5.78 Å². The molecule has 0 bridgehead atoms. The number of carbonyl (C=O) groups is 1. The van der Waals surface area contributed by atoms with E-state index < -0.39 is 0 Å². The van der Waals surface area contributed by atoms with Gasteiger partial charge in [-0.1, -0.05) is 60.7 Å². The van der Waals surface area contributed by atoms with Gasteiger partial charge in [-0.2, -0.15) is 0 Å². The van der Waals surface area contributed by atoms with E-state index in [1.165, 1.54) is 0 Å². The summed E-state index contributed by atoms with van der Waals surface area (Å²) in [5.41, 5.74) is 2.26. The summed E-state index contributed by atoms with van der Waals surface area (Å²) in [6, 6.07) is 20.2. The van der Waals surface area contributed by atoms with Crippen molar-refractivity contribution in [2.75, 3.05) is 13.2 Å². The van der Waals surface area contributed by atoms with Crippen molar-refractivity contribution < 1.29 is 14.3 Å². The lowest BCUT2D eigenvalue weighted by Gasteiger charge is -2.30. The Hall–Kier alpha value is -2.01. The predicted molar refractivity (Wildman–Crippen MR) is 97.1 cm³/mol. The highest BCUT2D eigenvalue weighted by Gasteiger charge is 2.28. The zero-order valence-electron chi connectivity index (χ0n) is 14.4. The summed E-state index contributed by atoms with van der Waals surface area (Å²) in [6.07, 6.45) is 0.967. The largest absolute Gasteiger partial charge is 0.374 e. The minimum absolute atomic E-state index is 0.0146. The number of nitrogens with one attached hydrogen (secondary N) is 1. The normalized spacial score (nSPS) is 18.9. The van der Waals surface area contributed by atoms with Gasteiger partial charge >= 0.3 is 0 Å². The summed E-state index contributed by atoms with van der Waals surface area (Å²) in [5, 5.41) is 3.41. The van der Waals surface area contributed by atoms with Crippen molar-refractivity contribution in [1.82, 2.24) is 5.32 Å². The Balaban J connectivity index is 1.56. The maximum Gasteiger partial charge on any atom is 0.135 e. The van der Waals surface area contributed by atoms with Crippen LogP contribution in [-0.2, 0) is 27.5 Å². The van der Waals surface area contributed by atoms with Crippen LogP contribution < -0.4 is 5.32 Å². The van der Waals surface area contributed by atoms with E-state index in [-0.39, 0.29) is 12.1 Å². The van der Waals surface area contributed by atoms with Crippen LogP contribution in [0, 0.1) is 0 Å². The molecule has 1 aliphatic heterocycles. The monoisotopic (exact) mass is 339 g/mol. The summed E-state index contributed by atoms with van der Waals surface area (Å²) >= 11 is 0. The molecule has 4 heteroatoms. The van der Waals surface area contributed by atoms with Crippen LogP contribution in [0.5, 0.6) is 0 Å². The Bertz CT molecular complexity index is 645. The second-order valence-electron chi connectivity index (χ2n) is 6.39. The van der Waals surface area contributed by atoms with Gasteiger partial charge in [0.1, 0.15) is 5.78 Å².